The summed E-state index contributed by atoms with van der Waals surface area (Å²) in [5.41, 5.74) is 3.01. The number of nitrogens with one attached hydrogen (secondary N) is 3. The number of fused-ring (bicyclic) bond motifs is 1. The van der Waals surface area contributed by atoms with Crippen LogP contribution in [0.1, 0.15) is 36.8 Å². The zero-order valence-corrected chi connectivity index (χ0v) is 18.0. The minimum atomic E-state index is -1.12. The second-order valence-corrected chi connectivity index (χ2v) is 7.84. The van der Waals surface area contributed by atoms with E-state index in [1.807, 2.05) is 42.5 Å². The van der Waals surface area contributed by atoms with Gasteiger partial charge in [-0.15, -0.1) is 0 Å². The van der Waals surface area contributed by atoms with Gasteiger partial charge in [-0.25, -0.2) is 4.79 Å². The maximum atomic E-state index is 12.2. The van der Waals surface area contributed by atoms with E-state index in [1.54, 1.807) is 6.20 Å². The predicted molar refractivity (Wildman–Crippen MR) is 123 cm³/mol. The highest BCUT2D eigenvalue weighted by Crippen LogP contribution is 2.19. The van der Waals surface area contributed by atoms with Crippen molar-refractivity contribution in [3.05, 3.63) is 71.9 Å². The molecule has 0 radical (unpaired) electrons. The fourth-order valence-electron chi connectivity index (χ4n) is 3.67. The van der Waals surface area contributed by atoms with Gasteiger partial charge in [0.1, 0.15) is 6.04 Å². The normalized spacial score (nSPS) is 11.8. The van der Waals surface area contributed by atoms with Crippen molar-refractivity contribution in [2.75, 3.05) is 6.54 Å². The van der Waals surface area contributed by atoms with Gasteiger partial charge < -0.3 is 20.7 Å². The molecule has 0 aliphatic carbocycles. The van der Waals surface area contributed by atoms with Crippen LogP contribution in [-0.4, -0.2) is 40.5 Å². The summed E-state index contributed by atoms with van der Waals surface area (Å²) >= 11 is 0. The molecule has 0 bridgehead atoms. The second kappa shape index (κ2) is 11.7. The number of benzene rings is 2. The maximum Gasteiger partial charge on any atom is 0.326 e. The maximum absolute atomic E-state index is 12.2. The van der Waals surface area contributed by atoms with Gasteiger partial charge in [0.25, 0.3) is 0 Å². The summed E-state index contributed by atoms with van der Waals surface area (Å²) in [7, 11) is 0. The number of hydrogen-bond acceptors (Lipinski definition) is 3. The Bertz CT molecular complexity index is 1050. The third-order valence-electron chi connectivity index (χ3n) is 5.39. The number of aromatic nitrogens is 1. The Hall–Kier alpha value is -3.61. The number of rotatable bonds is 12. The van der Waals surface area contributed by atoms with Gasteiger partial charge in [-0.3, -0.25) is 9.59 Å². The summed E-state index contributed by atoms with van der Waals surface area (Å²) in [6.07, 6.45) is 5.93. The predicted octanol–water partition coefficient (Wildman–Crippen LogP) is 3.20. The first kappa shape index (κ1) is 23.1. The van der Waals surface area contributed by atoms with Crippen LogP contribution in [0.25, 0.3) is 10.9 Å². The molecular weight excluding hydrogens is 406 g/mol. The number of carbonyl (C=O) groups is 3. The molecule has 3 aromatic rings. The van der Waals surface area contributed by atoms with Gasteiger partial charge in [-0.05, 0) is 36.5 Å². The fraction of sp³-hybridized carbons (Fsp3) is 0.320. The Morgan fingerprint density at radius 1 is 0.906 bits per heavy atom. The molecule has 0 aliphatic heterocycles. The number of carboxylic acid groups (broad SMARTS) is 1. The first-order valence-electron chi connectivity index (χ1n) is 10.9. The van der Waals surface area contributed by atoms with Crippen LogP contribution in [0.2, 0.25) is 0 Å². The van der Waals surface area contributed by atoms with Crippen LogP contribution in [0.15, 0.2) is 60.8 Å². The molecule has 0 saturated carbocycles. The Labute approximate surface area is 187 Å². The number of hydrogen-bond donors (Lipinski definition) is 4. The summed E-state index contributed by atoms with van der Waals surface area (Å²) in [6, 6.07) is 16.7. The van der Waals surface area contributed by atoms with Gasteiger partial charge in [0.15, 0.2) is 0 Å². The van der Waals surface area contributed by atoms with Crippen LogP contribution in [-0.2, 0) is 27.2 Å². The molecule has 2 amide bonds. The third-order valence-corrected chi connectivity index (χ3v) is 5.39. The lowest BCUT2D eigenvalue weighted by atomic mass is 10.0. The van der Waals surface area contributed by atoms with Crippen LogP contribution >= 0.6 is 0 Å². The molecule has 0 fully saturated rings. The molecule has 7 nitrogen and oxygen atoms in total. The van der Waals surface area contributed by atoms with Gasteiger partial charge >= 0.3 is 5.97 Å². The molecule has 0 aliphatic rings. The van der Waals surface area contributed by atoms with Crippen LogP contribution in [0, 0.1) is 0 Å². The van der Waals surface area contributed by atoms with Crippen LogP contribution in [0.3, 0.4) is 0 Å². The van der Waals surface area contributed by atoms with Crippen molar-refractivity contribution in [2.45, 2.75) is 44.6 Å². The number of carboxylic acids is 1. The summed E-state index contributed by atoms with van der Waals surface area (Å²) in [6.45, 7) is -0.236. The largest absolute Gasteiger partial charge is 0.480 e. The van der Waals surface area contributed by atoms with Gasteiger partial charge in [0.05, 0.1) is 6.54 Å². The van der Waals surface area contributed by atoms with Crippen molar-refractivity contribution in [2.24, 2.45) is 0 Å². The molecule has 32 heavy (non-hydrogen) atoms. The number of aryl methyl sites for hydroxylation is 1. The zero-order chi connectivity index (χ0) is 22.8. The van der Waals surface area contributed by atoms with Gasteiger partial charge in [0, 0.05) is 29.9 Å². The van der Waals surface area contributed by atoms with Gasteiger partial charge in [-0.2, -0.15) is 0 Å². The Morgan fingerprint density at radius 2 is 1.66 bits per heavy atom. The number of carbonyl (C=O) groups excluding carboxylic acids is 2. The molecule has 4 N–H and O–H groups in total. The lowest BCUT2D eigenvalue weighted by Gasteiger charge is -2.14. The Morgan fingerprint density at radius 3 is 2.44 bits per heavy atom. The SMILES string of the molecule is O=C(CCCCCc1ccccc1)NCC(=O)NC(Cc1c[nH]c2ccccc12)C(=O)O. The topological polar surface area (TPSA) is 111 Å². The van der Waals surface area contributed by atoms with E-state index in [0.29, 0.717) is 6.42 Å². The third kappa shape index (κ3) is 6.97. The monoisotopic (exact) mass is 435 g/mol. The van der Waals surface area contributed by atoms with Gasteiger partial charge in [-0.1, -0.05) is 55.0 Å². The first-order chi connectivity index (χ1) is 15.5. The molecular formula is C25H29N3O4. The number of unbranched alkanes of at least 4 members (excludes halogenated alkanes) is 2. The lowest BCUT2D eigenvalue weighted by molar-refractivity contribution is -0.141. The molecule has 0 spiro atoms. The highest BCUT2D eigenvalue weighted by molar-refractivity contribution is 5.89. The molecule has 168 valence electrons. The number of H-pyrrole nitrogens is 1. The minimum Gasteiger partial charge on any atom is -0.480 e. The van der Waals surface area contributed by atoms with Gasteiger partial charge in [0.2, 0.25) is 11.8 Å². The average Bonchev–Trinajstić information content (AvgIpc) is 3.20. The van der Waals surface area contributed by atoms with Crippen LogP contribution < -0.4 is 10.6 Å². The van der Waals surface area contributed by atoms with E-state index in [9.17, 15) is 19.5 Å². The number of amides is 2. The van der Waals surface area contributed by atoms with E-state index >= 15 is 0 Å². The number of aliphatic carboxylic acids is 1. The minimum absolute atomic E-state index is 0.153. The molecule has 1 unspecified atom stereocenters. The van der Waals surface area contributed by atoms with Crippen molar-refractivity contribution in [1.82, 2.24) is 15.6 Å². The van der Waals surface area contributed by atoms with Crippen molar-refractivity contribution in [3.63, 3.8) is 0 Å². The van der Waals surface area contributed by atoms with Crippen molar-refractivity contribution >= 4 is 28.7 Å². The smallest absolute Gasteiger partial charge is 0.326 e. The highest BCUT2D eigenvalue weighted by atomic mass is 16.4. The van der Waals surface area contributed by atoms with Crippen molar-refractivity contribution < 1.29 is 19.5 Å². The van der Waals surface area contributed by atoms with Crippen LogP contribution in [0.4, 0.5) is 0 Å². The molecule has 1 atom stereocenters. The molecule has 3 rings (SSSR count). The fourth-order valence-corrected chi connectivity index (χ4v) is 3.67. The van der Waals surface area contributed by atoms with E-state index in [0.717, 1.165) is 42.1 Å². The number of aromatic amines is 1. The standard InChI is InChI=1S/C25H29N3O4/c29-23(14-6-2-5-11-18-9-3-1-4-10-18)27-17-24(30)28-22(25(31)32)15-19-16-26-21-13-8-7-12-20(19)21/h1,3-4,7-10,12-13,16,22,26H,2,5-6,11,14-15,17H2,(H,27,29)(H,28,30)(H,31,32). The molecule has 2 aromatic carbocycles. The summed E-state index contributed by atoms with van der Waals surface area (Å²) in [5.74, 6) is -1.84. The Balaban J connectivity index is 1.36. The summed E-state index contributed by atoms with van der Waals surface area (Å²) < 4.78 is 0. The number of para-hydroxylation sites is 1. The quantitative estimate of drug-likeness (QED) is 0.327. The molecule has 1 aromatic heterocycles. The first-order valence-corrected chi connectivity index (χ1v) is 10.9. The summed E-state index contributed by atoms with van der Waals surface area (Å²) in [5, 5.41) is 15.5. The van der Waals surface area contributed by atoms with Crippen LogP contribution in [0.5, 0.6) is 0 Å². The summed E-state index contributed by atoms with van der Waals surface area (Å²) in [4.78, 5) is 38.9. The molecule has 1 heterocycles. The Kier molecular flexibility index (Phi) is 8.43. The van der Waals surface area contributed by atoms with E-state index in [2.05, 4.69) is 27.8 Å². The second-order valence-electron chi connectivity index (χ2n) is 7.84. The van der Waals surface area contributed by atoms with E-state index in [4.69, 9.17) is 0 Å². The van der Waals surface area contributed by atoms with E-state index in [1.165, 1.54) is 5.56 Å². The lowest BCUT2D eigenvalue weighted by Crippen LogP contribution is -2.46. The van der Waals surface area contributed by atoms with E-state index < -0.39 is 17.9 Å². The van der Waals surface area contributed by atoms with Crippen molar-refractivity contribution in [3.8, 4) is 0 Å². The van der Waals surface area contributed by atoms with E-state index in [-0.39, 0.29) is 18.9 Å². The van der Waals surface area contributed by atoms with Crippen molar-refractivity contribution in [1.29, 1.82) is 0 Å². The highest BCUT2D eigenvalue weighted by Gasteiger charge is 2.22. The molecule has 7 heteroatoms. The molecule has 0 saturated heterocycles. The average molecular weight is 436 g/mol. The zero-order valence-electron chi connectivity index (χ0n) is 18.0.